The van der Waals surface area contributed by atoms with Gasteiger partial charge < -0.3 is 15.5 Å². The van der Waals surface area contributed by atoms with Crippen LogP contribution in [0.3, 0.4) is 0 Å². The summed E-state index contributed by atoms with van der Waals surface area (Å²) in [5, 5.41) is 12.4. The molecule has 2 aromatic carbocycles. The van der Waals surface area contributed by atoms with Gasteiger partial charge in [0.1, 0.15) is 5.69 Å². The monoisotopic (exact) mass is 461 g/mol. The maximum atomic E-state index is 12.5. The molecule has 0 aliphatic heterocycles. The molecule has 1 heterocycles. The summed E-state index contributed by atoms with van der Waals surface area (Å²) in [7, 11) is 3.88. The zero-order chi connectivity index (χ0) is 20.3. The number of H-pyrrole nitrogens is 1. The van der Waals surface area contributed by atoms with Gasteiger partial charge in [-0.3, -0.25) is 14.7 Å². The molecule has 0 saturated heterocycles. The van der Waals surface area contributed by atoms with Crippen molar-refractivity contribution in [3.8, 4) is 0 Å². The highest BCUT2D eigenvalue weighted by atomic mass is 79.9. The average molecular weight is 463 g/mol. The maximum absolute atomic E-state index is 12.5. The third-order valence-corrected chi connectivity index (χ3v) is 5.03. The van der Waals surface area contributed by atoms with E-state index in [1.54, 1.807) is 36.4 Å². The van der Waals surface area contributed by atoms with Crippen molar-refractivity contribution < 1.29 is 9.59 Å². The standard InChI is InChI=1S/C19H17BrClN5O2/c1-26(2)12-9-7-11(8-10-12)22-19(28)16-15(20)17(25-24-16)23-18(27)13-5-3-4-6-14(13)21/h3-10H,1-2H3,(H,22,28)(H2,23,24,25,27). The molecule has 9 heteroatoms. The van der Waals surface area contributed by atoms with Crippen LogP contribution < -0.4 is 15.5 Å². The van der Waals surface area contributed by atoms with Gasteiger partial charge in [-0.1, -0.05) is 23.7 Å². The lowest BCUT2D eigenvalue weighted by atomic mass is 10.2. The van der Waals surface area contributed by atoms with E-state index >= 15 is 0 Å². The number of aromatic nitrogens is 2. The molecule has 3 aromatic rings. The van der Waals surface area contributed by atoms with E-state index in [-0.39, 0.29) is 11.5 Å². The molecule has 3 rings (SSSR count). The fourth-order valence-electron chi connectivity index (χ4n) is 2.42. The fourth-order valence-corrected chi connectivity index (χ4v) is 3.10. The number of rotatable bonds is 5. The highest BCUT2D eigenvalue weighted by Gasteiger charge is 2.20. The smallest absolute Gasteiger partial charge is 0.274 e. The first-order valence-electron chi connectivity index (χ1n) is 8.25. The zero-order valence-electron chi connectivity index (χ0n) is 15.1. The molecule has 0 fully saturated rings. The lowest BCUT2D eigenvalue weighted by molar-refractivity contribution is 0.101. The second-order valence-corrected chi connectivity index (χ2v) is 7.29. The number of hydrogen-bond donors (Lipinski definition) is 3. The van der Waals surface area contributed by atoms with E-state index in [1.807, 2.05) is 31.1 Å². The number of amides is 2. The number of aromatic amines is 1. The molecule has 0 saturated carbocycles. The zero-order valence-corrected chi connectivity index (χ0v) is 17.4. The first-order valence-corrected chi connectivity index (χ1v) is 9.42. The van der Waals surface area contributed by atoms with E-state index in [4.69, 9.17) is 11.6 Å². The molecule has 7 nitrogen and oxygen atoms in total. The SMILES string of the molecule is CN(C)c1ccc(NC(=O)c2[nH]nc(NC(=O)c3ccccc3Cl)c2Br)cc1. The Hall–Kier alpha value is -2.84. The van der Waals surface area contributed by atoms with Crippen molar-refractivity contribution in [3.63, 3.8) is 0 Å². The lowest BCUT2D eigenvalue weighted by Crippen LogP contribution is -2.14. The summed E-state index contributed by atoms with van der Waals surface area (Å²) >= 11 is 9.34. The van der Waals surface area contributed by atoms with Crippen LogP contribution in [0.5, 0.6) is 0 Å². The molecule has 0 radical (unpaired) electrons. The number of nitrogens with zero attached hydrogens (tertiary/aromatic N) is 2. The van der Waals surface area contributed by atoms with Crippen LogP contribution in [0.1, 0.15) is 20.8 Å². The number of hydrogen-bond acceptors (Lipinski definition) is 4. The van der Waals surface area contributed by atoms with Gasteiger partial charge in [-0.2, -0.15) is 5.10 Å². The number of carbonyl (C=O) groups excluding carboxylic acids is 2. The van der Waals surface area contributed by atoms with Gasteiger partial charge in [0.05, 0.1) is 15.1 Å². The van der Waals surface area contributed by atoms with Gasteiger partial charge >= 0.3 is 0 Å². The van der Waals surface area contributed by atoms with Crippen LogP contribution in [-0.4, -0.2) is 36.1 Å². The van der Waals surface area contributed by atoms with Crippen LogP contribution >= 0.6 is 27.5 Å². The Morgan fingerprint density at radius 1 is 1.04 bits per heavy atom. The predicted octanol–water partition coefficient (Wildman–Crippen LogP) is 4.40. The van der Waals surface area contributed by atoms with E-state index in [9.17, 15) is 9.59 Å². The number of carbonyl (C=O) groups is 2. The van der Waals surface area contributed by atoms with E-state index in [0.717, 1.165) is 5.69 Å². The average Bonchev–Trinajstić information content (AvgIpc) is 3.03. The van der Waals surface area contributed by atoms with Gasteiger partial charge in [0.2, 0.25) is 0 Å². The molecule has 0 spiro atoms. The van der Waals surface area contributed by atoms with Crippen LogP contribution in [-0.2, 0) is 0 Å². The van der Waals surface area contributed by atoms with Crippen molar-refractivity contribution in [2.24, 2.45) is 0 Å². The molecular weight excluding hydrogens is 446 g/mol. The highest BCUT2D eigenvalue weighted by Crippen LogP contribution is 2.26. The Bertz CT molecular complexity index is 1020. The van der Waals surface area contributed by atoms with E-state index in [2.05, 4.69) is 36.8 Å². The molecule has 2 amide bonds. The van der Waals surface area contributed by atoms with Crippen molar-refractivity contribution in [1.29, 1.82) is 0 Å². The lowest BCUT2D eigenvalue weighted by Gasteiger charge is -2.12. The Labute approximate surface area is 175 Å². The largest absolute Gasteiger partial charge is 0.378 e. The molecular formula is C19H17BrClN5O2. The molecule has 0 aliphatic rings. The Kier molecular flexibility index (Phi) is 6.01. The van der Waals surface area contributed by atoms with Crippen molar-refractivity contribution in [3.05, 3.63) is 69.3 Å². The second-order valence-electron chi connectivity index (χ2n) is 6.09. The van der Waals surface area contributed by atoms with E-state index in [0.29, 0.717) is 20.7 Å². The number of halogens is 2. The molecule has 0 atom stereocenters. The quantitative estimate of drug-likeness (QED) is 0.524. The van der Waals surface area contributed by atoms with Gasteiger partial charge in [-0.05, 0) is 52.3 Å². The summed E-state index contributed by atoms with van der Waals surface area (Å²) in [5.74, 6) is -0.628. The van der Waals surface area contributed by atoms with E-state index < -0.39 is 11.8 Å². The Balaban J connectivity index is 1.72. The van der Waals surface area contributed by atoms with Crippen molar-refractivity contribution >= 4 is 56.5 Å². The topological polar surface area (TPSA) is 90.1 Å². The van der Waals surface area contributed by atoms with Gasteiger partial charge in [-0.25, -0.2) is 0 Å². The van der Waals surface area contributed by atoms with Crippen molar-refractivity contribution in [2.45, 2.75) is 0 Å². The number of nitrogens with one attached hydrogen (secondary N) is 3. The van der Waals surface area contributed by atoms with Gasteiger partial charge in [0.25, 0.3) is 11.8 Å². The number of anilines is 3. The summed E-state index contributed by atoms with van der Waals surface area (Å²) in [6.07, 6.45) is 0. The van der Waals surface area contributed by atoms with Crippen molar-refractivity contribution in [2.75, 3.05) is 29.6 Å². The Morgan fingerprint density at radius 3 is 2.36 bits per heavy atom. The van der Waals surface area contributed by atoms with E-state index in [1.165, 1.54) is 0 Å². The van der Waals surface area contributed by atoms with Crippen molar-refractivity contribution in [1.82, 2.24) is 10.2 Å². The summed E-state index contributed by atoms with van der Waals surface area (Å²) in [6, 6.07) is 14.1. The summed E-state index contributed by atoms with van der Waals surface area (Å²) < 4.78 is 0.343. The van der Waals surface area contributed by atoms with Gasteiger partial charge in [0, 0.05) is 25.5 Å². The molecule has 1 aromatic heterocycles. The predicted molar refractivity (Wildman–Crippen MR) is 114 cm³/mol. The number of benzene rings is 2. The fraction of sp³-hybridized carbons (Fsp3) is 0.105. The maximum Gasteiger partial charge on any atom is 0.274 e. The molecule has 3 N–H and O–H groups in total. The Morgan fingerprint density at radius 2 is 1.71 bits per heavy atom. The molecule has 0 bridgehead atoms. The van der Waals surface area contributed by atoms with Crippen LogP contribution in [0, 0.1) is 0 Å². The summed E-state index contributed by atoms with van der Waals surface area (Å²) in [6.45, 7) is 0. The van der Waals surface area contributed by atoms with Crippen LogP contribution in [0.4, 0.5) is 17.2 Å². The molecule has 0 aliphatic carbocycles. The summed E-state index contributed by atoms with van der Waals surface area (Å²) in [4.78, 5) is 26.9. The molecule has 144 valence electrons. The second kappa shape index (κ2) is 8.45. The minimum absolute atomic E-state index is 0.186. The minimum atomic E-state index is -0.427. The minimum Gasteiger partial charge on any atom is -0.378 e. The highest BCUT2D eigenvalue weighted by molar-refractivity contribution is 9.10. The summed E-state index contributed by atoms with van der Waals surface area (Å²) in [5.41, 5.74) is 2.15. The van der Waals surface area contributed by atoms with Crippen LogP contribution in [0.2, 0.25) is 5.02 Å². The first-order chi connectivity index (χ1) is 13.4. The van der Waals surface area contributed by atoms with Crippen LogP contribution in [0.15, 0.2) is 53.0 Å². The van der Waals surface area contributed by atoms with Crippen LogP contribution in [0.25, 0.3) is 0 Å². The third-order valence-electron chi connectivity index (χ3n) is 3.93. The third kappa shape index (κ3) is 4.35. The van der Waals surface area contributed by atoms with Gasteiger partial charge in [0.15, 0.2) is 5.82 Å². The van der Waals surface area contributed by atoms with Gasteiger partial charge in [-0.15, -0.1) is 0 Å². The molecule has 0 unspecified atom stereocenters. The molecule has 28 heavy (non-hydrogen) atoms. The first kappa shape index (κ1) is 19.9. The normalized spacial score (nSPS) is 10.4.